The van der Waals surface area contributed by atoms with E-state index in [-0.39, 0.29) is 5.54 Å². The molecule has 3 aromatic rings. The molecule has 0 bridgehead atoms. The predicted octanol–water partition coefficient (Wildman–Crippen LogP) is 3.24. The lowest BCUT2D eigenvalue weighted by Gasteiger charge is -2.37. The van der Waals surface area contributed by atoms with Gasteiger partial charge in [-0.1, -0.05) is 54.6 Å². The van der Waals surface area contributed by atoms with E-state index in [1.54, 1.807) is 0 Å². The molecule has 1 aliphatic rings. The highest BCUT2D eigenvalue weighted by Gasteiger charge is 2.39. The molecule has 1 fully saturated rings. The molecular formula is C21H25N5. The first-order chi connectivity index (χ1) is 12.8. The van der Waals surface area contributed by atoms with Gasteiger partial charge in [0.15, 0.2) is 5.82 Å². The molecule has 0 saturated carbocycles. The molecule has 1 atom stereocenters. The van der Waals surface area contributed by atoms with Crippen LogP contribution in [0.25, 0.3) is 0 Å². The number of aromatic nitrogens is 4. The zero-order chi connectivity index (χ0) is 17.8. The highest BCUT2D eigenvalue weighted by Crippen LogP contribution is 2.33. The zero-order valence-electron chi connectivity index (χ0n) is 15.2. The van der Waals surface area contributed by atoms with Crippen LogP contribution in [-0.4, -0.2) is 26.8 Å². The third-order valence-electron chi connectivity index (χ3n) is 5.38. The first-order valence-corrected chi connectivity index (χ1v) is 9.37. The predicted molar refractivity (Wildman–Crippen MR) is 102 cm³/mol. The highest BCUT2D eigenvalue weighted by atomic mass is 15.5. The van der Waals surface area contributed by atoms with Gasteiger partial charge in [0, 0.05) is 0 Å². The van der Waals surface area contributed by atoms with E-state index < -0.39 is 0 Å². The molecule has 0 amide bonds. The Kier molecular flexibility index (Phi) is 4.80. The fourth-order valence-corrected chi connectivity index (χ4v) is 3.93. The van der Waals surface area contributed by atoms with Crippen molar-refractivity contribution in [1.29, 1.82) is 0 Å². The number of hydrogen-bond donors (Lipinski definition) is 1. The molecule has 26 heavy (non-hydrogen) atoms. The molecular weight excluding hydrogens is 322 g/mol. The summed E-state index contributed by atoms with van der Waals surface area (Å²) in [6.07, 6.45) is 4.36. The average molecular weight is 347 g/mol. The number of tetrazole rings is 1. The Balaban J connectivity index is 1.69. The largest absolute Gasteiger partial charge is 0.304 e. The highest BCUT2D eigenvalue weighted by molar-refractivity contribution is 5.29. The minimum absolute atomic E-state index is 0.206. The van der Waals surface area contributed by atoms with Crippen molar-refractivity contribution in [2.45, 2.75) is 44.7 Å². The van der Waals surface area contributed by atoms with Crippen LogP contribution in [0.2, 0.25) is 0 Å². The van der Waals surface area contributed by atoms with Gasteiger partial charge in [-0.3, -0.25) is 0 Å². The van der Waals surface area contributed by atoms with Crippen LogP contribution in [0, 0.1) is 6.92 Å². The lowest BCUT2D eigenvalue weighted by Crippen LogP contribution is -2.49. The first kappa shape index (κ1) is 16.9. The van der Waals surface area contributed by atoms with Gasteiger partial charge in [0.2, 0.25) is 0 Å². The molecule has 1 aliphatic heterocycles. The van der Waals surface area contributed by atoms with Crippen molar-refractivity contribution in [3.63, 3.8) is 0 Å². The van der Waals surface area contributed by atoms with Gasteiger partial charge in [0.1, 0.15) is 0 Å². The third-order valence-corrected chi connectivity index (χ3v) is 5.38. The van der Waals surface area contributed by atoms with Crippen LogP contribution >= 0.6 is 0 Å². The van der Waals surface area contributed by atoms with Gasteiger partial charge in [-0.05, 0) is 66.3 Å². The van der Waals surface area contributed by atoms with Crippen LogP contribution in [0.4, 0.5) is 0 Å². The number of benzene rings is 2. The minimum atomic E-state index is -0.206. The van der Waals surface area contributed by atoms with Crippen LogP contribution < -0.4 is 5.32 Å². The summed E-state index contributed by atoms with van der Waals surface area (Å²) in [4.78, 5) is 0. The number of rotatable bonds is 5. The molecule has 134 valence electrons. The normalized spacial score (nSPS) is 20.2. The van der Waals surface area contributed by atoms with Crippen molar-refractivity contribution in [3.8, 4) is 0 Å². The lowest BCUT2D eigenvalue weighted by molar-refractivity contribution is 0.231. The van der Waals surface area contributed by atoms with E-state index in [1.165, 1.54) is 29.5 Å². The maximum absolute atomic E-state index is 4.47. The first-order valence-electron chi connectivity index (χ1n) is 9.37. The Hall–Kier alpha value is -2.53. The van der Waals surface area contributed by atoms with Crippen LogP contribution in [0.3, 0.4) is 0 Å². The van der Waals surface area contributed by atoms with Gasteiger partial charge >= 0.3 is 0 Å². The van der Waals surface area contributed by atoms with Crippen LogP contribution in [0.15, 0.2) is 54.6 Å². The molecule has 0 radical (unpaired) electrons. The van der Waals surface area contributed by atoms with E-state index in [4.69, 9.17) is 0 Å². The number of aryl methyl sites for hydroxylation is 1. The topological polar surface area (TPSA) is 55.6 Å². The van der Waals surface area contributed by atoms with E-state index in [0.29, 0.717) is 6.54 Å². The van der Waals surface area contributed by atoms with Gasteiger partial charge in [0.05, 0.1) is 12.1 Å². The summed E-state index contributed by atoms with van der Waals surface area (Å²) >= 11 is 0. The molecule has 4 rings (SSSR count). The quantitative estimate of drug-likeness (QED) is 0.770. The molecule has 2 aromatic carbocycles. The second-order valence-electron chi connectivity index (χ2n) is 7.21. The molecule has 0 aliphatic carbocycles. The van der Waals surface area contributed by atoms with Gasteiger partial charge in [-0.2, -0.15) is 0 Å². The van der Waals surface area contributed by atoms with E-state index in [0.717, 1.165) is 25.2 Å². The smallest absolute Gasteiger partial charge is 0.172 e. The van der Waals surface area contributed by atoms with Crippen LogP contribution in [0.1, 0.15) is 41.8 Å². The zero-order valence-corrected chi connectivity index (χ0v) is 15.2. The summed E-state index contributed by atoms with van der Waals surface area (Å²) in [6, 6.07) is 19.0. The number of nitrogens with zero attached hydrogens (tertiary/aromatic N) is 4. The lowest BCUT2D eigenvalue weighted by atomic mass is 9.81. The standard InChI is InChI=1S/C21H25N5/c1-17-9-5-6-12-19(17)15-21(13-7-8-14-22-21)20-23-24-25-26(20)16-18-10-3-2-4-11-18/h2-6,9-12,22H,7-8,13-16H2,1H3. The summed E-state index contributed by atoms with van der Waals surface area (Å²) in [7, 11) is 0. The van der Waals surface area contributed by atoms with Crippen molar-refractivity contribution < 1.29 is 0 Å². The van der Waals surface area contributed by atoms with Gasteiger partial charge in [-0.25, -0.2) is 4.68 Å². The number of hydrogen-bond acceptors (Lipinski definition) is 4. The van der Waals surface area contributed by atoms with Crippen molar-refractivity contribution in [2.24, 2.45) is 0 Å². The summed E-state index contributed by atoms with van der Waals surface area (Å²) in [6.45, 7) is 3.88. The molecule has 1 saturated heterocycles. The van der Waals surface area contributed by atoms with Crippen molar-refractivity contribution in [1.82, 2.24) is 25.5 Å². The Labute approximate surface area is 154 Å². The molecule has 1 aromatic heterocycles. The second kappa shape index (κ2) is 7.38. The van der Waals surface area contributed by atoms with Crippen molar-refractivity contribution in [2.75, 3.05) is 6.54 Å². The van der Waals surface area contributed by atoms with E-state index in [1.807, 2.05) is 10.7 Å². The van der Waals surface area contributed by atoms with Gasteiger partial charge in [-0.15, -0.1) is 5.10 Å². The molecule has 5 nitrogen and oxygen atoms in total. The average Bonchev–Trinajstić information content (AvgIpc) is 3.14. The Morgan fingerprint density at radius 2 is 1.85 bits per heavy atom. The Morgan fingerprint density at radius 1 is 1.04 bits per heavy atom. The maximum atomic E-state index is 4.47. The maximum Gasteiger partial charge on any atom is 0.172 e. The summed E-state index contributed by atoms with van der Waals surface area (Å²) in [5.41, 5.74) is 3.68. The van der Waals surface area contributed by atoms with Crippen LogP contribution in [-0.2, 0) is 18.5 Å². The van der Waals surface area contributed by atoms with Gasteiger partial charge < -0.3 is 5.32 Å². The summed E-state index contributed by atoms with van der Waals surface area (Å²) in [5.74, 6) is 0.948. The monoisotopic (exact) mass is 347 g/mol. The SMILES string of the molecule is Cc1ccccc1CC1(c2nnnn2Cc2ccccc2)CCCCN1. The summed E-state index contributed by atoms with van der Waals surface area (Å²) < 4.78 is 1.96. The third kappa shape index (κ3) is 3.40. The Morgan fingerprint density at radius 3 is 2.62 bits per heavy atom. The van der Waals surface area contributed by atoms with Gasteiger partial charge in [0.25, 0.3) is 0 Å². The Bertz CT molecular complexity index is 850. The molecule has 5 heteroatoms. The number of nitrogens with one attached hydrogen (secondary N) is 1. The van der Waals surface area contributed by atoms with E-state index in [9.17, 15) is 0 Å². The van der Waals surface area contributed by atoms with E-state index >= 15 is 0 Å². The van der Waals surface area contributed by atoms with Crippen molar-refractivity contribution >= 4 is 0 Å². The minimum Gasteiger partial charge on any atom is -0.304 e. The van der Waals surface area contributed by atoms with Crippen molar-refractivity contribution in [3.05, 3.63) is 77.1 Å². The summed E-state index contributed by atoms with van der Waals surface area (Å²) in [5, 5.41) is 16.6. The fourth-order valence-electron chi connectivity index (χ4n) is 3.93. The molecule has 0 spiro atoms. The fraction of sp³-hybridized carbons (Fsp3) is 0.381. The molecule has 1 unspecified atom stereocenters. The van der Waals surface area contributed by atoms with E-state index in [2.05, 4.69) is 76.3 Å². The second-order valence-corrected chi connectivity index (χ2v) is 7.21. The number of piperidine rings is 1. The molecule has 1 N–H and O–H groups in total. The molecule has 2 heterocycles. The van der Waals surface area contributed by atoms with Crippen LogP contribution in [0.5, 0.6) is 0 Å².